The molecule has 6 rings (SSSR count). The van der Waals surface area contributed by atoms with Gasteiger partial charge in [0, 0.05) is 25.0 Å². The highest BCUT2D eigenvalue weighted by molar-refractivity contribution is 7.92. The average molecular weight is 620 g/mol. The van der Waals surface area contributed by atoms with E-state index in [2.05, 4.69) is 20.1 Å². The van der Waals surface area contributed by atoms with E-state index < -0.39 is 10.0 Å². The third kappa shape index (κ3) is 6.42. The molecule has 1 aliphatic carbocycles. The molecule has 1 atom stereocenters. The fraction of sp³-hybridized carbons (Fsp3) is 0.419. The number of aromatic amines is 1. The van der Waals surface area contributed by atoms with Crippen molar-refractivity contribution in [3.8, 4) is 11.4 Å². The number of sulfonamides is 1. The monoisotopic (exact) mass is 619 g/mol. The van der Waals surface area contributed by atoms with Crippen LogP contribution in [0.5, 0.6) is 5.75 Å². The Hall–Kier alpha value is -4.39. The van der Waals surface area contributed by atoms with Crippen molar-refractivity contribution >= 4 is 21.4 Å². The molecular formula is C31H37N7O5S. The van der Waals surface area contributed by atoms with Crippen molar-refractivity contribution in [2.45, 2.75) is 69.4 Å². The van der Waals surface area contributed by atoms with Crippen molar-refractivity contribution in [2.24, 2.45) is 5.92 Å². The summed E-state index contributed by atoms with van der Waals surface area (Å²) in [6.45, 7) is 3.76. The first-order valence-electron chi connectivity index (χ1n) is 15.2. The number of hydrogen-bond acceptors (Lipinski definition) is 8. The van der Waals surface area contributed by atoms with Crippen LogP contribution in [0.1, 0.15) is 51.0 Å². The molecule has 13 heteroatoms. The summed E-state index contributed by atoms with van der Waals surface area (Å²) in [5.74, 6) is 1.33. The summed E-state index contributed by atoms with van der Waals surface area (Å²) in [5.41, 5.74) is 1.92. The summed E-state index contributed by atoms with van der Waals surface area (Å²) in [6.07, 6.45) is 8.75. The predicted octanol–water partition coefficient (Wildman–Crippen LogP) is 3.72. The van der Waals surface area contributed by atoms with Crippen LogP contribution in [0.15, 0.2) is 75.3 Å². The minimum absolute atomic E-state index is 0.0625. The van der Waals surface area contributed by atoms with Gasteiger partial charge in [0.1, 0.15) is 17.5 Å². The van der Waals surface area contributed by atoms with Gasteiger partial charge in [0.05, 0.1) is 17.1 Å². The molecule has 2 N–H and O–H groups in total. The number of rotatable bonds is 11. The summed E-state index contributed by atoms with van der Waals surface area (Å²) in [4.78, 5) is 29.9. The molecule has 4 aromatic rings. The molecule has 0 spiro atoms. The van der Waals surface area contributed by atoms with Crippen molar-refractivity contribution in [1.82, 2.24) is 24.8 Å². The highest BCUT2D eigenvalue weighted by atomic mass is 32.2. The molecule has 1 saturated carbocycles. The van der Waals surface area contributed by atoms with Gasteiger partial charge >= 0.3 is 5.69 Å². The molecule has 232 valence electrons. The zero-order valence-corrected chi connectivity index (χ0v) is 25.5. The van der Waals surface area contributed by atoms with Gasteiger partial charge in [-0.2, -0.15) is 9.36 Å². The minimum Gasteiger partial charge on any atom is -0.488 e. The number of aromatic nitrogens is 5. The first-order chi connectivity index (χ1) is 21.3. The SMILES string of the molecule is CCN(CC1CCc2cc(NS(=O)(=O)c3ccc(-n4nnn(CCC5CCCC5)c4=O)cc3)ccc2O1)c1ccc[nH]c1=O. The minimum atomic E-state index is -3.89. The normalized spacial score (nSPS) is 16.8. The Morgan fingerprint density at radius 1 is 1.05 bits per heavy atom. The molecule has 1 unspecified atom stereocenters. The van der Waals surface area contributed by atoms with Crippen LogP contribution < -0.4 is 25.6 Å². The topological polar surface area (TPSA) is 144 Å². The van der Waals surface area contributed by atoms with Crippen molar-refractivity contribution < 1.29 is 13.2 Å². The fourth-order valence-corrected chi connectivity index (χ4v) is 7.15. The molecule has 2 aromatic heterocycles. The second-order valence-corrected chi connectivity index (χ2v) is 13.1. The van der Waals surface area contributed by atoms with Crippen molar-refractivity contribution in [3.05, 3.63) is 87.2 Å². The first-order valence-corrected chi connectivity index (χ1v) is 16.7. The number of fused-ring (bicyclic) bond motifs is 1. The van der Waals surface area contributed by atoms with E-state index in [0.29, 0.717) is 54.8 Å². The van der Waals surface area contributed by atoms with Gasteiger partial charge in [-0.25, -0.2) is 13.2 Å². The number of anilines is 2. The van der Waals surface area contributed by atoms with Gasteiger partial charge in [-0.3, -0.25) is 9.52 Å². The van der Waals surface area contributed by atoms with Crippen LogP contribution in [0.3, 0.4) is 0 Å². The number of hydrogen-bond donors (Lipinski definition) is 2. The lowest BCUT2D eigenvalue weighted by atomic mass is 10.0. The van der Waals surface area contributed by atoms with E-state index in [9.17, 15) is 18.0 Å². The summed E-state index contributed by atoms with van der Waals surface area (Å²) in [6, 6.07) is 14.8. The molecular weight excluding hydrogens is 582 g/mol. The van der Waals surface area contributed by atoms with E-state index in [4.69, 9.17) is 4.74 Å². The van der Waals surface area contributed by atoms with E-state index in [0.717, 1.165) is 18.4 Å². The Balaban J connectivity index is 1.09. The molecule has 12 nitrogen and oxygen atoms in total. The Labute approximate surface area is 255 Å². The number of benzene rings is 2. The second kappa shape index (κ2) is 12.7. The Bertz CT molecular complexity index is 1820. The highest BCUT2D eigenvalue weighted by Gasteiger charge is 2.24. The first kappa shape index (κ1) is 29.7. The Morgan fingerprint density at radius 3 is 2.59 bits per heavy atom. The molecule has 3 heterocycles. The molecule has 0 bridgehead atoms. The molecule has 44 heavy (non-hydrogen) atoms. The van der Waals surface area contributed by atoms with Crippen LogP contribution in [0.25, 0.3) is 5.69 Å². The number of nitrogens with one attached hydrogen (secondary N) is 2. The lowest BCUT2D eigenvalue weighted by molar-refractivity contribution is 0.178. The van der Waals surface area contributed by atoms with Gasteiger partial charge < -0.3 is 14.6 Å². The van der Waals surface area contributed by atoms with E-state index >= 15 is 0 Å². The molecule has 2 aromatic carbocycles. The van der Waals surface area contributed by atoms with Crippen LogP contribution >= 0.6 is 0 Å². The number of aryl methyl sites for hydroxylation is 2. The van der Waals surface area contributed by atoms with Crippen LogP contribution in [0, 0.1) is 5.92 Å². The fourth-order valence-electron chi connectivity index (χ4n) is 6.10. The van der Waals surface area contributed by atoms with Crippen LogP contribution in [-0.2, 0) is 23.0 Å². The molecule has 0 amide bonds. The van der Waals surface area contributed by atoms with Crippen molar-refractivity contribution in [2.75, 3.05) is 22.7 Å². The maximum absolute atomic E-state index is 13.2. The zero-order valence-electron chi connectivity index (χ0n) is 24.7. The van der Waals surface area contributed by atoms with Crippen LogP contribution in [0.2, 0.25) is 0 Å². The summed E-state index contributed by atoms with van der Waals surface area (Å²) in [5, 5.41) is 8.01. The third-order valence-corrected chi connectivity index (χ3v) is 9.94. The van der Waals surface area contributed by atoms with Gasteiger partial charge in [-0.15, -0.1) is 0 Å². The standard InChI is InChI=1S/C31H37N7O5S/c1-2-36(28-8-5-18-32-30(28)39)21-26-13-9-23-20-24(10-16-29(23)43-26)33-44(41,42)27-14-11-25(12-15-27)38-31(40)37(34-35-38)19-17-22-6-3-4-7-22/h5,8,10-12,14-16,18,20,22,26,33H,2-4,6-7,9,13,17,19,21H2,1H3,(H,32,39). The Morgan fingerprint density at radius 2 is 1.84 bits per heavy atom. The van der Waals surface area contributed by atoms with E-state index in [1.807, 2.05) is 11.8 Å². The van der Waals surface area contributed by atoms with Gasteiger partial charge in [-0.1, -0.05) is 25.7 Å². The smallest absolute Gasteiger partial charge is 0.368 e. The van der Waals surface area contributed by atoms with Gasteiger partial charge in [0.2, 0.25) is 0 Å². The number of pyridine rings is 1. The van der Waals surface area contributed by atoms with E-state index in [1.54, 1.807) is 48.7 Å². The Kier molecular flexibility index (Phi) is 8.56. The maximum Gasteiger partial charge on any atom is 0.368 e. The van der Waals surface area contributed by atoms with E-state index in [-0.39, 0.29) is 22.2 Å². The molecule has 1 fully saturated rings. The lowest BCUT2D eigenvalue weighted by Gasteiger charge is -2.31. The van der Waals surface area contributed by atoms with E-state index in [1.165, 1.54) is 47.2 Å². The maximum atomic E-state index is 13.2. The highest BCUT2D eigenvalue weighted by Crippen LogP contribution is 2.32. The largest absolute Gasteiger partial charge is 0.488 e. The van der Waals surface area contributed by atoms with Gasteiger partial charge in [-0.05, 0) is 103 Å². The van der Waals surface area contributed by atoms with Gasteiger partial charge in [0.25, 0.3) is 15.6 Å². The number of nitrogens with zero attached hydrogens (tertiary/aromatic N) is 5. The summed E-state index contributed by atoms with van der Waals surface area (Å²) >= 11 is 0. The quantitative estimate of drug-likeness (QED) is 0.259. The number of H-pyrrole nitrogens is 1. The number of tetrazole rings is 1. The second-order valence-electron chi connectivity index (χ2n) is 11.5. The summed E-state index contributed by atoms with van der Waals surface area (Å²) in [7, 11) is -3.89. The van der Waals surface area contributed by atoms with Crippen LogP contribution in [0.4, 0.5) is 11.4 Å². The molecule has 2 aliphatic rings. The average Bonchev–Trinajstić information content (AvgIpc) is 3.68. The number of likely N-dealkylation sites (N-methyl/N-ethyl adjacent to an activating group) is 1. The van der Waals surface area contributed by atoms with Crippen LogP contribution in [-0.4, -0.2) is 52.4 Å². The molecule has 0 saturated heterocycles. The lowest BCUT2D eigenvalue weighted by Crippen LogP contribution is -2.39. The van der Waals surface area contributed by atoms with Gasteiger partial charge in [0.15, 0.2) is 0 Å². The molecule has 0 radical (unpaired) electrons. The summed E-state index contributed by atoms with van der Waals surface area (Å²) < 4.78 is 37.8. The van der Waals surface area contributed by atoms with Crippen molar-refractivity contribution in [1.29, 1.82) is 0 Å². The number of ether oxygens (including phenoxy) is 1. The van der Waals surface area contributed by atoms with Crippen molar-refractivity contribution in [3.63, 3.8) is 0 Å². The molecule has 1 aliphatic heterocycles. The predicted molar refractivity (Wildman–Crippen MR) is 167 cm³/mol. The zero-order chi connectivity index (χ0) is 30.7. The third-order valence-electron chi connectivity index (χ3n) is 8.54.